The molecule has 4 rings (SSSR count). The van der Waals surface area contributed by atoms with Crippen molar-refractivity contribution in [2.75, 3.05) is 0 Å². The lowest BCUT2D eigenvalue weighted by molar-refractivity contribution is -0.136. The Bertz CT molecular complexity index is 1120. The van der Waals surface area contributed by atoms with Gasteiger partial charge in [0.2, 0.25) is 5.91 Å². The molecule has 150 valence electrons. The summed E-state index contributed by atoms with van der Waals surface area (Å²) in [5.74, 6) is 0.189. The van der Waals surface area contributed by atoms with Gasteiger partial charge >= 0.3 is 0 Å². The average molecular weight is 407 g/mol. The number of nitriles is 1. The molecule has 1 aliphatic rings. The second-order valence-electron chi connectivity index (χ2n) is 8.05. The first-order valence-corrected chi connectivity index (χ1v) is 11.1. The molecule has 3 aromatic rings. The van der Waals surface area contributed by atoms with Crippen molar-refractivity contribution in [1.82, 2.24) is 14.3 Å². The molecule has 1 aliphatic heterocycles. The Kier molecular flexibility index (Phi) is 5.26. The lowest BCUT2D eigenvalue weighted by Gasteiger charge is -2.40. The van der Waals surface area contributed by atoms with Gasteiger partial charge in [-0.15, -0.1) is 0 Å². The van der Waals surface area contributed by atoms with Crippen LogP contribution in [0.5, 0.6) is 0 Å². The third kappa shape index (κ3) is 3.38. The monoisotopic (exact) mass is 406 g/mol. The first kappa shape index (κ1) is 19.8. The highest BCUT2D eigenvalue weighted by atomic mass is 32.2. The zero-order valence-electron chi connectivity index (χ0n) is 17.3. The van der Waals surface area contributed by atoms with Crippen molar-refractivity contribution >= 4 is 34.3 Å². The number of likely N-dealkylation sites (tertiary alicyclic amines) is 1. The molecule has 3 atom stereocenters. The molecule has 0 bridgehead atoms. The van der Waals surface area contributed by atoms with E-state index in [1.54, 1.807) is 11.8 Å². The average Bonchev–Trinajstić information content (AvgIpc) is 3.07. The number of aromatic nitrogens is 2. The van der Waals surface area contributed by atoms with E-state index in [2.05, 4.69) is 24.8 Å². The van der Waals surface area contributed by atoms with E-state index in [1.807, 2.05) is 48.6 Å². The fraction of sp³-hybridized carbons (Fsp3) is 0.435. The Morgan fingerprint density at radius 3 is 2.66 bits per heavy atom. The number of para-hydroxylation sites is 2. The standard InChI is InChI=1S/C23H26N4OS/c1-14-12-21(29-17(4)23(28)26-15(2)8-7-9-16(26)3)27-20-11-6-5-10-19(20)25-22(27)18(14)13-24/h5-6,10-12,15-17H,7-9H2,1-4H3/t15-,16+,17-/m0/s1. The van der Waals surface area contributed by atoms with Gasteiger partial charge in [-0.3, -0.25) is 9.20 Å². The number of pyridine rings is 1. The number of hydrogen-bond acceptors (Lipinski definition) is 4. The number of aryl methyl sites for hydroxylation is 1. The fourth-order valence-electron chi connectivity index (χ4n) is 4.44. The number of benzene rings is 1. The Hall–Kier alpha value is -2.52. The Balaban J connectivity index is 1.76. The van der Waals surface area contributed by atoms with E-state index in [-0.39, 0.29) is 23.2 Å². The van der Waals surface area contributed by atoms with Crippen molar-refractivity contribution in [1.29, 1.82) is 5.26 Å². The van der Waals surface area contributed by atoms with Crippen molar-refractivity contribution < 1.29 is 4.79 Å². The summed E-state index contributed by atoms with van der Waals surface area (Å²) in [6.45, 7) is 8.22. The molecule has 1 fully saturated rings. The Morgan fingerprint density at radius 1 is 1.28 bits per heavy atom. The van der Waals surface area contributed by atoms with Crippen LogP contribution in [0.3, 0.4) is 0 Å². The second-order valence-corrected chi connectivity index (χ2v) is 9.41. The number of carbonyl (C=O) groups is 1. The highest BCUT2D eigenvalue weighted by Gasteiger charge is 2.32. The normalized spacial score (nSPS) is 20.7. The lowest BCUT2D eigenvalue weighted by atomic mass is 9.97. The largest absolute Gasteiger partial charge is 0.336 e. The molecule has 0 unspecified atom stereocenters. The maximum atomic E-state index is 13.3. The van der Waals surface area contributed by atoms with Crippen molar-refractivity contribution in [3.05, 3.63) is 41.5 Å². The van der Waals surface area contributed by atoms with Crippen molar-refractivity contribution in [2.24, 2.45) is 0 Å². The van der Waals surface area contributed by atoms with Crippen LogP contribution in [0.25, 0.3) is 16.7 Å². The summed E-state index contributed by atoms with van der Waals surface area (Å²) in [4.78, 5) is 20.1. The van der Waals surface area contributed by atoms with E-state index >= 15 is 0 Å². The molecular weight excluding hydrogens is 380 g/mol. The molecule has 3 heterocycles. The third-order valence-electron chi connectivity index (χ3n) is 5.94. The molecule has 0 radical (unpaired) electrons. The van der Waals surface area contributed by atoms with Crippen LogP contribution in [0, 0.1) is 18.3 Å². The topological polar surface area (TPSA) is 61.4 Å². The molecule has 0 N–H and O–H groups in total. The predicted octanol–water partition coefficient (Wildman–Crippen LogP) is 4.94. The van der Waals surface area contributed by atoms with Gasteiger partial charge in [0.25, 0.3) is 0 Å². The molecule has 5 nitrogen and oxygen atoms in total. The Morgan fingerprint density at radius 2 is 1.97 bits per heavy atom. The number of carbonyl (C=O) groups excluding carboxylic acids is 1. The maximum Gasteiger partial charge on any atom is 0.236 e. The molecule has 6 heteroatoms. The number of fused-ring (bicyclic) bond motifs is 3. The van der Waals surface area contributed by atoms with Crippen LogP contribution in [0.15, 0.2) is 35.4 Å². The van der Waals surface area contributed by atoms with E-state index in [1.165, 1.54) is 6.42 Å². The first-order chi connectivity index (χ1) is 13.9. The minimum absolute atomic E-state index is 0.189. The van der Waals surface area contributed by atoms with Gasteiger partial charge in [-0.25, -0.2) is 4.98 Å². The van der Waals surface area contributed by atoms with Crippen LogP contribution in [0.4, 0.5) is 0 Å². The number of amides is 1. The smallest absolute Gasteiger partial charge is 0.236 e. The van der Waals surface area contributed by atoms with Crippen LogP contribution in [0.2, 0.25) is 0 Å². The van der Waals surface area contributed by atoms with Crippen LogP contribution in [-0.2, 0) is 4.79 Å². The van der Waals surface area contributed by atoms with Gasteiger partial charge in [0.1, 0.15) is 6.07 Å². The van der Waals surface area contributed by atoms with Gasteiger partial charge in [-0.2, -0.15) is 5.26 Å². The number of nitrogens with zero attached hydrogens (tertiary/aromatic N) is 4. The van der Waals surface area contributed by atoms with Gasteiger partial charge in [0.05, 0.1) is 26.9 Å². The highest BCUT2D eigenvalue weighted by molar-refractivity contribution is 8.00. The highest BCUT2D eigenvalue weighted by Crippen LogP contribution is 2.33. The van der Waals surface area contributed by atoms with Crippen LogP contribution >= 0.6 is 11.8 Å². The molecule has 0 saturated carbocycles. The zero-order valence-corrected chi connectivity index (χ0v) is 18.2. The van der Waals surface area contributed by atoms with E-state index in [9.17, 15) is 10.1 Å². The van der Waals surface area contributed by atoms with Gasteiger partial charge in [-0.05, 0) is 70.7 Å². The summed E-state index contributed by atoms with van der Waals surface area (Å²) in [7, 11) is 0. The number of imidazole rings is 1. The van der Waals surface area contributed by atoms with E-state index in [0.717, 1.165) is 34.5 Å². The number of hydrogen-bond donors (Lipinski definition) is 0. The van der Waals surface area contributed by atoms with Crippen molar-refractivity contribution in [3.8, 4) is 6.07 Å². The molecule has 1 amide bonds. The minimum Gasteiger partial charge on any atom is -0.336 e. The summed E-state index contributed by atoms with van der Waals surface area (Å²) in [6, 6.07) is 12.8. The molecule has 2 aromatic heterocycles. The van der Waals surface area contributed by atoms with Gasteiger partial charge in [0.15, 0.2) is 5.65 Å². The van der Waals surface area contributed by atoms with E-state index in [4.69, 9.17) is 4.98 Å². The van der Waals surface area contributed by atoms with Gasteiger partial charge in [0, 0.05) is 12.1 Å². The maximum absolute atomic E-state index is 13.3. The van der Waals surface area contributed by atoms with E-state index in [0.29, 0.717) is 11.2 Å². The van der Waals surface area contributed by atoms with Crippen LogP contribution in [-0.4, -0.2) is 37.5 Å². The summed E-state index contributed by atoms with van der Waals surface area (Å²) >= 11 is 1.55. The summed E-state index contributed by atoms with van der Waals surface area (Å²) in [6.07, 6.45) is 3.32. The van der Waals surface area contributed by atoms with Gasteiger partial charge in [-0.1, -0.05) is 23.9 Å². The Labute approximate surface area is 175 Å². The van der Waals surface area contributed by atoms with Crippen molar-refractivity contribution in [3.63, 3.8) is 0 Å². The third-order valence-corrected chi connectivity index (χ3v) is 7.04. The molecular formula is C23H26N4OS. The fourth-order valence-corrected chi connectivity index (χ4v) is 5.56. The number of thioether (sulfide) groups is 1. The second kappa shape index (κ2) is 7.72. The predicted molar refractivity (Wildman–Crippen MR) is 117 cm³/mol. The number of piperidine rings is 1. The first-order valence-electron chi connectivity index (χ1n) is 10.2. The molecule has 1 aromatic carbocycles. The molecule has 1 saturated heterocycles. The number of rotatable bonds is 3. The van der Waals surface area contributed by atoms with Crippen molar-refractivity contribution in [2.45, 2.75) is 69.3 Å². The molecule has 0 spiro atoms. The van der Waals surface area contributed by atoms with Crippen LogP contribution < -0.4 is 0 Å². The summed E-state index contributed by atoms with van der Waals surface area (Å²) < 4.78 is 2.03. The van der Waals surface area contributed by atoms with Gasteiger partial charge < -0.3 is 4.90 Å². The summed E-state index contributed by atoms with van der Waals surface area (Å²) in [5, 5.41) is 10.4. The zero-order chi connectivity index (χ0) is 20.7. The van der Waals surface area contributed by atoms with E-state index < -0.39 is 0 Å². The quantitative estimate of drug-likeness (QED) is 0.578. The minimum atomic E-state index is -0.213. The molecule has 0 aliphatic carbocycles. The SMILES string of the molecule is Cc1cc(S[C@@H](C)C(=O)N2[C@H](C)CCC[C@@H]2C)n2c(nc3ccccc32)c1C#N. The van der Waals surface area contributed by atoms with Crippen LogP contribution in [0.1, 0.15) is 51.2 Å². The lowest BCUT2D eigenvalue weighted by Crippen LogP contribution is -2.50. The summed E-state index contributed by atoms with van der Waals surface area (Å²) in [5.41, 5.74) is 3.95. The molecule has 29 heavy (non-hydrogen) atoms.